The Morgan fingerprint density at radius 3 is 2.33 bits per heavy atom. The summed E-state index contributed by atoms with van der Waals surface area (Å²) in [5.41, 5.74) is 0. The minimum atomic E-state index is -0.00438. The predicted octanol–water partition coefficient (Wildman–Crippen LogP) is 2.82. The van der Waals surface area contributed by atoms with Crippen LogP contribution in [0.2, 0.25) is 0 Å². The molecule has 2 unspecified atom stereocenters. The number of rotatable bonds is 6. The molecule has 1 heterocycles. The molecular weight excluding hydrogens is 264 g/mol. The standard InChI is InChI=1S/C17H32N2O2/c1-6-7-8-14-9-15(18-16(20)12(2)3)11-19(10-14)17(21)13(4)5/h12-15H,6-11H2,1-5H3,(H,18,20). The van der Waals surface area contributed by atoms with E-state index in [1.54, 1.807) is 0 Å². The fourth-order valence-corrected chi connectivity index (χ4v) is 2.92. The van der Waals surface area contributed by atoms with Gasteiger partial charge in [-0.2, -0.15) is 0 Å². The molecular formula is C17H32N2O2. The van der Waals surface area contributed by atoms with Crippen molar-refractivity contribution in [2.75, 3.05) is 13.1 Å². The molecule has 2 atom stereocenters. The van der Waals surface area contributed by atoms with Crippen LogP contribution in [0.4, 0.5) is 0 Å². The highest BCUT2D eigenvalue weighted by Gasteiger charge is 2.31. The van der Waals surface area contributed by atoms with Crippen LogP contribution in [0.5, 0.6) is 0 Å². The highest BCUT2D eigenvalue weighted by atomic mass is 16.2. The van der Waals surface area contributed by atoms with Gasteiger partial charge in [0.2, 0.25) is 11.8 Å². The first-order valence-electron chi connectivity index (χ1n) is 8.44. The molecule has 0 radical (unpaired) electrons. The Balaban J connectivity index is 2.69. The van der Waals surface area contributed by atoms with E-state index in [1.807, 2.05) is 32.6 Å². The number of hydrogen-bond donors (Lipinski definition) is 1. The maximum Gasteiger partial charge on any atom is 0.225 e. The van der Waals surface area contributed by atoms with Gasteiger partial charge in [-0.05, 0) is 18.8 Å². The monoisotopic (exact) mass is 296 g/mol. The molecule has 122 valence electrons. The van der Waals surface area contributed by atoms with E-state index in [-0.39, 0.29) is 29.7 Å². The number of likely N-dealkylation sites (tertiary alicyclic amines) is 1. The Kier molecular flexibility index (Phi) is 7.20. The van der Waals surface area contributed by atoms with Gasteiger partial charge in [-0.15, -0.1) is 0 Å². The van der Waals surface area contributed by atoms with Crippen LogP contribution in [0.15, 0.2) is 0 Å². The number of amides is 2. The molecule has 2 amide bonds. The van der Waals surface area contributed by atoms with Crippen molar-refractivity contribution in [2.45, 2.75) is 66.3 Å². The number of nitrogens with zero attached hydrogens (tertiary/aromatic N) is 1. The number of hydrogen-bond acceptors (Lipinski definition) is 2. The van der Waals surface area contributed by atoms with Crippen molar-refractivity contribution in [3.8, 4) is 0 Å². The summed E-state index contributed by atoms with van der Waals surface area (Å²) in [6.07, 6.45) is 4.52. The Labute approximate surface area is 129 Å². The second-order valence-corrected chi connectivity index (χ2v) is 7.00. The molecule has 0 spiro atoms. The van der Waals surface area contributed by atoms with Gasteiger partial charge in [0, 0.05) is 31.0 Å². The van der Waals surface area contributed by atoms with Crippen molar-refractivity contribution in [1.82, 2.24) is 10.2 Å². The molecule has 1 aliphatic rings. The predicted molar refractivity (Wildman–Crippen MR) is 85.8 cm³/mol. The molecule has 1 aliphatic heterocycles. The zero-order chi connectivity index (χ0) is 16.0. The number of unbranched alkanes of at least 4 members (excludes halogenated alkanes) is 1. The lowest BCUT2D eigenvalue weighted by molar-refractivity contribution is -0.138. The van der Waals surface area contributed by atoms with Gasteiger partial charge in [-0.1, -0.05) is 47.5 Å². The van der Waals surface area contributed by atoms with E-state index < -0.39 is 0 Å². The number of carbonyl (C=O) groups is 2. The SMILES string of the molecule is CCCCC1CC(NC(=O)C(C)C)CN(C(=O)C(C)C)C1. The third-order valence-corrected chi connectivity index (χ3v) is 4.18. The van der Waals surface area contributed by atoms with Crippen molar-refractivity contribution < 1.29 is 9.59 Å². The molecule has 1 N–H and O–H groups in total. The fourth-order valence-electron chi connectivity index (χ4n) is 2.92. The molecule has 0 bridgehead atoms. The molecule has 1 saturated heterocycles. The third kappa shape index (κ3) is 5.68. The maximum absolute atomic E-state index is 12.3. The van der Waals surface area contributed by atoms with Gasteiger partial charge in [-0.25, -0.2) is 0 Å². The largest absolute Gasteiger partial charge is 0.351 e. The van der Waals surface area contributed by atoms with Crippen molar-refractivity contribution >= 4 is 11.8 Å². The van der Waals surface area contributed by atoms with E-state index in [0.717, 1.165) is 19.4 Å². The second kappa shape index (κ2) is 8.40. The molecule has 0 aromatic rings. The molecule has 0 aromatic carbocycles. The van der Waals surface area contributed by atoms with Crippen LogP contribution in [0, 0.1) is 17.8 Å². The van der Waals surface area contributed by atoms with Crippen molar-refractivity contribution in [1.29, 1.82) is 0 Å². The summed E-state index contributed by atoms with van der Waals surface area (Å²) in [5.74, 6) is 0.832. The fraction of sp³-hybridized carbons (Fsp3) is 0.882. The van der Waals surface area contributed by atoms with Gasteiger partial charge in [-0.3, -0.25) is 9.59 Å². The average molecular weight is 296 g/mol. The zero-order valence-electron chi connectivity index (χ0n) is 14.3. The van der Waals surface area contributed by atoms with Crippen LogP contribution in [0.25, 0.3) is 0 Å². The topological polar surface area (TPSA) is 49.4 Å². The second-order valence-electron chi connectivity index (χ2n) is 7.00. The van der Waals surface area contributed by atoms with Crippen LogP contribution in [0.3, 0.4) is 0 Å². The molecule has 1 fully saturated rings. The van der Waals surface area contributed by atoms with Gasteiger partial charge in [0.15, 0.2) is 0 Å². The van der Waals surface area contributed by atoms with E-state index >= 15 is 0 Å². The molecule has 0 saturated carbocycles. The van der Waals surface area contributed by atoms with Crippen LogP contribution in [-0.4, -0.2) is 35.8 Å². The van der Waals surface area contributed by atoms with Crippen LogP contribution >= 0.6 is 0 Å². The summed E-state index contributed by atoms with van der Waals surface area (Å²) in [4.78, 5) is 26.2. The third-order valence-electron chi connectivity index (χ3n) is 4.18. The Morgan fingerprint density at radius 2 is 1.81 bits per heavy atom. The Bertz CT molecular complexity index is 353. The zero-order valence-corrected chi connectivity index (χ0v) is 14.3. The van der Waals surface area contributed by atoms with Crippen LogP contribution in [-0.2, 0) is 9.59 Å². The van der Waals surface area contributed by atoms with Crippen molar-refractivity contribution in [2.24, 2.45) is 17.8 Å². The van der Waals surface area contributed by atoms with Gasteiger partial charge in [0.25, 0.3) is 0 Å². The lowest BCUT2D eigenvalue weighted by atomic mass is 9.89. The lowest BCUT2D eigenvalue weighted by Gasteiger charge is -2.39. The van der Waals surface area contributed by atoms with Crippen LogP contribution < -0.4 is 5.32 Å². The summed E-state index contributed by atoms with van der Waals surface area (Å²) in [6, 6.07) is 0.109. The summed E-state index contributed by atoms with van der Waals surface area (Å²) in [6.45, 7) is 11.4. The highest BCUT2D eigenvalue weighted by Crippen LogP contribution is 2.23. The Hall–Kier alpha value is -1.06. The molecule has 1 rings (SSSR count). The first-order chi connectivity index (χ1) is 9.85. The van der Waals surface area contributed by atoms with E-state index in [4.69, 9.17) is 0 Å². The molecule has 21 heavy (non-hydrogen) atoms. The molecule has 0 aliphatic carbocycles. The number of carbonyl (C=O) groups excluding carboxylic acids is 2. The lowest BCUT2D eigenvalue weighted by Crippen LogP contribution is -2.54. The molecule has 4 heteroatoms. The summed E-state index contributed by atoms with van der Waals surface area (Å²) >= 11 is 0. The van der Waals surface area contributed by atoms with Gasteiger partial charge in [0.1, 0.15) is 0 Å². The highest BCUT2D eigenvalue weighted by molar-refractivity contribution is 5.79. The summed E-state index contributed by atoms with van der Waals surface area (Å²) < 4.78 is 0. The molecule has 0 aromatic heterocycles. The number of nitrogens with one attached hydrogen (secondary N) is 1. The minimum absolute atomic E-state index is 0.00438. The normalized spacial score (nSPS) is 22.7. The van der Waals surface area contributed by atoms with Crippen molar-refractivity contribution in [3.05, 3.63) is 0 Å². The van der Waals surface area contributed by atoms with E-state index in [9.17, 15) is 9.59 Å². The average Bonchev–Trinajstić information content (AvgIpc) is 2.43. The summed E-state index contributed by atoms with van der Waals surface area (Å²) in [7, 11) is 0. The van der Waals surface area contributed by atoms with E-state index in [0.29, 0.717) is 12.5 Å². The quantitative estimate of drug-likeness (QED) is 0.819. The van der Waals surface area contributed by atoms with Crippen LogP contribution in [0.1, 0.15) is 60.3 Å². The van der Waals surface area contributed by atoms with Gasteiger partial charge < -0.3 is 10.2 Å². The van der Waals surface area contributed by atoms with E-state index in [2.05, 4.69) is 12.2 Å². The maximum atomic E-state index is 12.3. The van der Waals surface area contributed by atoms with Gasteiger partial charge in [0.05, 0.1) is 0 Å². The smallest absolute Gasteiger partial charge is 0.225 e. The number of piperidine rings is 1. The minimum Gasteiger partial charge on any atom is -0.351 e. The van der Waals surface area contributed by atoms with Crippen molar-refractivity contribution in [3.63, 3.8) is 0 Å². The van der Waals surface area contributed by atoms with Gasteiger partial charge >= 0.3 is 0 Å². The van der Waals surface area contributed by atoms with E-state index in [1.165, 1.54) is 12.8 Å². The first-order valence-corrected chi connectivity index (χ1v) is 8.44. The first kappa shape index (κ1) is 18.0. The summed E-state index contributed by atoms with van der Waals surface area (Å²) in [5, 5.41) is 3.12. The Morgan fingerprint density at radius 1 is 1.14 bits per heavy atom. The molecule has 4 nitrogen and oxygen atoms in total.